The maximum atomic E-state index is 6.16. The number of aromatic nitrogens is 2. The highest BCUT2D eigenvalue weighted by Gasteiger charge is 2.10. The van der Waals surface area contributed by atoms with Crippen LogP contribution < -0.4 is 16.4 Å². The summed E-state index contributed by atoms with van der Waals surface area (Å²) >= 11 is 9.58. The minimum absolute atomic E-state index is 0.410. The number of hydrogen-bond acceptors (Lipinski definition) is 5. The second-order valence-corrected chi connectivity index (χ2v) is 6.05. The molecule has 0 aliphatic heterocycles. The van der Waals surface area contributed by atoms with Gasteiger partial charge in [-0.05, 0) is 30.3 Å². The molecule has 2 aromatic carbocycles. The highest BCUT2D eigenvalue weighted by Crippen LogP contribution is 2.31. The van der Waals surface area contributed by atoms with Gasteiger partial charge in [0, 0.05) is 10.2 Å². The number of nitrogens with one attached hydrogen (secondary N) is 2. The minimum Gasteiger partial charge on any atom is -0.393 e. The molecular weight excluding hydrogens is 378 g/mol. The minimum atomic E-state index is 0.410. The zero-order valence-electron chi connectivity index (χ0n) is 11.9. The summed E-state index contributed by atoms with van der Waals surface area (Å²) in [6.07, 6.45) is 1.44. The van der Waals surface area contributed by atoms with Crippen LogP contribution in [0.15, 0.2) is 59.3 Å². The van der Waals surface area contributed by atoms with Crippen molar-refractivity contribution in [3.05, 3.63) is 64.4 Å². The quantitative estimate of drug-likeness (QED) is 0.587. The van der Waals surface area contributed by atoms with Crippen molar-refractivity contribution in [2.45, 2.75) is 0 Å². The second kappa shape index (κ2) is 6.85. The maximum Gasteiger partial charge on any atom is 0.159 e. The van der Waals surface area contributed by atoms with Gasteiger partial charge >= 0.3 is 0 Å². The largest absolute Gasteiger partial charge is 0.393 e. The molecule has 0 spiro atoms. The molecule has 0 saturated carbocycles. The Balaban J connectivity index is 1.88. The Bertz CT molecular complexity index is 840. The van der Waals surface area contributed by atoms with Crippen LogP contribution in [0.3, 0.4) is 0 Å². The lowest BCUT2D eigenvalue weighted by Crippen LogP contribution is -2.05. The van der Waals surface area contributed by atoms with Gasteiger partial charge in [-0.1, -0.05) is 45.7 Å². The normalized spacial score (nSPS) is 10.3. The summed E-state index contributed by atoms with van der Waals surface area (Å²) in [5.74, 6) is 1.01. The van der Waals surface area contributed by atoms with E-state index in [1.54, 1.807) is 6.07 Å². The first-order valence-corrected chi connectivity index (χ1v) is 7.95. The van der Waals surface area contributed by atoms with Crippen LogP contribution in [0.2, 0.25) is 5.02 Å². The van der Waals surface area contributed by atoms with Crippen LogP contribution in [0.4, 0.5) is 28.7 Å². The van der Waals surface area contributed by atoms with Crippen molar-refractivity contribution >= 4 is 56.2 Å². The SMILES string of the molecule is Nc1c(Nc2cccc(Br)c2)ncnc1Nc1ccccc1Cl. The van der Waals surface area contributed by atoms with Crippen LogP contribution in [0.1, 0.15) is 0 Å². The van der Waals surface area contributed by atoms with Gasteiger partial charge in [0.05, 0.1) is 10.7 Å². The Labute approximate surface area is 147 Å². The number of nitrogen functional groups attached to an aromatic ring is 1. The van der Waals surface area contributed by atoms with E-state index in [0.29, 0.717) is 22.3 Å². The van der Waals surface area contributed by atoms with Gasteiger partial charge in [-0.2, -0.15) is 0 Å². The van der Waals surface area contributed by atoms with Crippen molar-refractivity contribution in [2.75, 3.05) is 16.4 Å². The number of rotatable bonds is 4. The summed E-state index contributed by atoms with van der Waals surface area (Å²) < 4.78 is 0.963. The number of halogens is 2. The molecule has 0 saturated heterocycles. The van der Waals surface area contributed by atoms with Crippen LogP contribution in [-0.2, 0) is 0 Å². The third-order valence-corrected chi connectivity index (χ3v) is 3.92. The third-order valence-electron chi connectivity index (χ3n) is 3.10. The van der Waals surface area contributed by atoms with Crippen molar-refractivity contribution in [3.63, 3.8) is 0 Å². The summed E-state index contributed by atoms with van der Waals surface area (Å²) in [7, 11) is 0. The summed E-state index contributed by atoms with van der Waals surface area (Å²) in [4.78, 5) is 8.37. The van der Waals surface area contributed by atoms with E-state index in [1.165, 1.54) is 6.33 Å². The van der Waals surface area contributed by atoms with Crippen molar-refractivity contribution in [1.82, 2.24) is 9.97 Å². The van der Waals surface area contributed by atoms with Crippen LogP contribution >= 0.6 is 27.5 Å². The van der Waals surface area contributed by atoms with Crippen molar-refractivity contribution in [2.24, 2.45) is 0 Å². The zero-order chi connectivity index (χ0) is 16.2. The third kappa shape index (κ3) is 3.72. The van der Waals surface area contributed by atoms with Gasteiger partial charge in [0.25, 0.3) is 0 Å². The summed E-state index contributed by atoms with van der Waals surface area (Å²) in [6.45, 7) is 0. The first-order valence-electron chi connectivity index (χ1n) is 6.78. The molecule has 0 unspecified atom stereocenters. The second-order valence-electron chi connectivity index (χ2n) is 4.72. The summed E-state index contributed by atoms with van der Waals surface area (Å²) in [5.41, 5.74) is 8.17. The lowest BCUT2D eigenvalue weighted by atomic mass is 10.3. The predicted octanol–water partition coefficient (Wildman–Crippen LogP) is 4.96. The molecule has 7 heteroatoms. The van der Waals surface area contributed by atoms with E-state index in [9.17, 15) is 0 Å². The predicted molar refractivity (Wildman–Crippen MR) is 98.6 cm³/mol. The average Bonchev–Trinajstić information content (AvgIpc) is 2.53. The van der Waals surface area contributed by atoms with Gasteiger partial charge in [-0.3, -0.25) is 0 Å². The molecule has 5 nitrogen and oxygen atoms in total. The molecule has 3 rings (SSSR count). The Morgan fingerprint density at radius 1 is 0.957 bits per heavy atom. The zero-order valence-corrected chi connectivity index (χ0v) is 14.3. The summed E-state index contributed by atoms with van der Waals surface area (Å²) in [6, 6.07) is 15.1. The van der Waals surface area contributed by atoms with Gasteiger partial charge in [0.15, 0.2) is 11.6 Å². The van der Waals surface area contributed by atoms with E-state index in [4.69, 9.17) is 17.3 Å². The number of benzene rings is 2. The van der Waals surface area contributed by atoms with E-state index in [2.05, 4.69) is 36.5 Å². The molecule has 0 amide bonds. The Kier molecular flexibility index (Phi) is 4.64. The molecule has 0 aliphatic carbocycles. The van der Waals surface area contributed by atoms with E-state index in [1.807, 2.05) is 42.5 Å². The smallest absolute Gasteiger partial charge is 0.159 e. The van der Waals surface area contributed by atoms with Gasteiger partial charge in [-0.15, -0.1) is 0 Å². The topological polar surface area (TPSA) is 75.9 Å². The van der Waals surface area contributed by atoms with E-state index < -0.39 is 0 Å². The first kappa shape index (κ1) is 15.6. The fourth-order valence-electron chi connectivity index (χ4n) is 1.99. The van der Waals surface area contributed by atoms with Crippen LogP contribution in [-0.4, -0.2) is 9.97 Å². The van der Waals surface area contributed by atoms with Crippen molar-refractivity contribution in [3.8, 4) is 0 Å². The fourth-order valence-corrected chi connectivity index (χ4v) is 2.57. The molecule has 1 heterocycles. The van der Waals surface area contributed by atoms with E-state index in [0.717, 1.165) is 15.8 Å². The maximum absolute atomic E-state index is 6.16. The molecule has 0 bridgehead atoms. The molecule has 0 atom stereocenters. The lowest BCUT2D eigenvalue weighted by molar-refractivity contribution is 1.17. The van der Waals surface area contributed by atoms with E-state index >= 15 is 0 Å². The molecule has 0 aliphatic rings. The standard InChI is InChI=1S/C16H13BrClN5/c17-10-4-3-5-11(8-10)22-15-14(19)16(21-9-20-15)23-13-7-2-1-6-12(13)18/h1-9H,19H2,(H2,20,21,22,23). The van der Waals surface area contributed by atoms with Crippen molar-refractivity contribution in [1.29, 1.82) is 0 Å². The Morgan fingerprint density at radius 2 is 1.70 bits per heavy atom. The fraction of sp³-hybridized carbons (Fsp3) is 0. The first-order chi connectivity index (χ1) is 11.1. The monoisotopic (exact) mass is 389 g/mol. The number of nitrogens with two attached hydrogens (primary N) is 1. The molecule has 1 aromatic heterocycles. The molecule has 116 valence electrons. The number of para-hydroxylation sites is 1. The Morgan fingerprint density at radius 3 is 2.43 bits per heavy atom. The van der Waals surface area contributed by atoms with Gasteiger partial charge in [0.1, 0.15) is 12.0 Å². The van der Waals surface area contributed by atoms with Gasteiger partial charge in [0.2, 0.25) is 0 Å². The highest BCUT2D eigenvalue weighted by atomic mass is 79.9. The number of nitrogens with zero attached hydrogens (tertiary/aromatic N) is 2. The summed E-state index contributed by atoms with van der Waals surface area (Å²) in [5, 5.41) is 6.89. The number of hydrogen-bond donors (Lipinski definition) is 3. The van der Waals surface area contributed by atoms with Crippen LogP contribution in [0.5, 0.6) is 0 Å². The average molecular weight is 391 g/mol. The molecule has 4 N–H and O–H groups in total. The van der Waals surface area contributed by atoms with E-state index in [-0.39, 0.29) is 0 Å². The lowest BCUT2D eigenvalue weighted by Gasteiger charge is -2.13. The Hall–Kier alpha value is -2.31. The molecule has 23 heavy (non-hydrogen) atoms. The van der Waals surface area contributed by atoms with Crippen LogP contribution in [0, 0.1) is 0 Å². The molecule has 0 fully saturated rings. The molecule has 0 radical (unpaired) electrons. The van der Waals surface area contributed by atoms with Crippen molar-refractivity contribution < 1.29 is 0 Å². The van der Waals surface area contributed by atoms with Crippen LogP contribution in [0.25, 0.3) is 0 Å². The number of anilines is 5. The molecular formula is C16H13BrClN5. The van der Waals surface area contributed by atoms with Gasteiger partial charge in [-0.25, -0.2) is 9.97 Å². The molecule has 3 aromatic rings. The highest BCUT2D eigenvalue weighted by molar-refractivity contribution is 9.10. The van der Waals surface area contributed by atoms with Gasteiger partial charge < -0.3 is 16.4 Å².